The van der Waals surface area contributed by atoms with Gasteiger partial charge in [0, 0.05) is 53.5 Å². The van der Waals surface area contributed by atoms with Crippen LogP contribution in [0.2, 0.25) is 0 Å². The molecule has 0 aromatic carbocycles. The van der Waals surface area contributed by atoms with Gasteiger partial charge >= 0.3 is 0 Å². The molecule has 19 heavy (non-hydrogen) atoms. The van der Waals surface area contributed by atoms with Crippen LogP contribution in [0.3, 0.4) is 0 Å². The summed E-state index contributed by atoms with van der Waals surface area (Å²) in [7, 11) is -0.632. The number of hydrogen-bond acceptors (Lipinski definition) is 3. The second kappa shape index (κ2) is 6.68. The van der Waals surface area contributed by atoms with Crippen molar-refractivity contribution in [2.24, 2.45) is 5.92 Å². The highest BCUT2D eigenvalue weighted by Gasteiger charge is 2.41. The molecule has 1 heterocycles. The molecule has 0 amide bonds. The number of nitrogens with one attached hydrogen (secondary N) is 1. The lowest BCUT2D eigenvalue weighted by atomic mass is 9.89. The van der Waals surface area contributed by atoms with Crippen LogP contribution in [0.5, 0.6) is 0 Å². The van der Waals surface area contributed by atoms with Crippen molar-refractivity contribution in [1.29, 1.82) is 0 Å². The molecule has 1 aliphatic heterocycles. The second-order valence-electron chi connectivity index (χ2n) is 6.58. The van der Waals surface area contributed by atoms with E-state index in [1.54, 1.807) is 0 Å². The van der Waals surface area contributed by atoms with Gasteiger partial charge in [-0.25, -0.2) is 0 Å². The molecular weight excluding hydrogens is 256 g/mol. The molecule has 2 unspecified atom stereocenters. The van der Waals surface area contributed by atoms with Gasteiger partial charge in [-0.3, -0.25) is 9.11 Å². The summed E-state index contributed by atoms with van der Waals surface area (Å²) >= 11 is 0. The van der Waals surface area contributed by atoms with Crippen LogP contribution < -0.4 is 5.32 Å². The van der Waals surface area contributed by atoms with E-state index in [1.165, 1.54) is 25.7 Å². The molecular formula is C15H30N2OS. The van der Waals surface area contributed by atoms with Gasteiger partial charge in [-0.15, -0.1) is 0 Å². The molecule has 1 saturated carbocycles. The molecule has 1 spiro atoms. The third kappa shape index (κ3) is 3.79. The van der Waals surface area contributed by atoms with E-state index in [-0.39, 0.29) is 0 Å². The Hall–Kier alpha value is 0.0700. The van der Waals surface area contributed by atoms with Crippen molar-refractivity contribution in [2.75, 3.05) is 31.1 Å². The summed E-state index contributed by atoms with van der Waals surface area (Å²) in [5.41, 5.74) is 0.374. The molecule has 1 N–H and O–H groups in total. The largest absolute Gasteiger partial charge is 0.308 e. The second-order valence-corrected chi connectivity index (χ2v) is 8.45. The smallest absolute Gasteiger partial charge is 0.0362 e. The zero-order chi connectivity index (χ0) is 13.9. The normalized spacial score (nSPS) is 29.2. The minimum atomic E-state index is -0.632. The first-order valence-electron chi connectivity index (χ1n) is 7.90. The van der Waals surface area contributed by atoms with Gasteiger partial charge in [0.2, 0.25) is 0 Å². The maximum Gasteiger partial charge on any atom is 0.0362 e. The standard InChI is InChI=1S/C15H30N2OS/c1-4-19(18)10-9-17-12-15(7-5-6-8-15)16-11-14(17)13(2)3/h13-14,16H,4-12H2,1-3H3. The summed E-state index contributed by atoms with van der Waals surface area (Å²) < 4.78 is 11.7. The molecule has 2 aliphatic rings. The molecule has 0 bridgehead atoms. The number of rotatable bonds is 5. The Balaban J connectivity index is 1.98. The van der Waals surface area contributed by atoms with E-state index in [4.69, 9.17) is 0 Å². The first-order valence-corrected chi connectivity index (χ1v) is 9.39. The van der Waals surface area contributed by atoms with Crippen LogP contribution in [0.4, 0.5) is 0 Å². The van der Waals surface area contributed by atoms with Crippen LogP contribution in [-0.4, -0.2) is 51.8 Å². The van der Waals surface area contributed by atoms with Crippen LogP contribution in [0.1, 0.15) is 46.5 Å². The highest BCUT2D eigenvalue weighted by Crippen LogP contribution is 2.34. The van der Waals surface area contributed by atoms with E-state index >= 15 is 0 Å². The molecule has 112 valence electrons. The van der Waals surface area contributed by atoms with Crippen molar-refractivity contribution >= 4 is 10.8 Å². The summed E-state index contributed by atoms with van der Waals surface area (Å²) in [5, 5.41) is 3.84. The number of hydrogen-bond donors (Lipinski definition) is 1. The van der Waals surface area contributed by atoms with Gasteiger partial charge in [-0.05, 0) is 18.8 Å². The maximum atomic E-state index is 11.7. The third-order valence-corrected chi connectivity index (χ3v) is 6.20. The van der Waals surface area contributed by atoms with Crippen molar-refractivity contribution in [1.82, 2.24) is 10.2 Å². The predicted molar refractivity (Wildman–Crippen MR) is 83.0 cm³/mol. The maximum absolute atomic E-state index is 11.7. The summed E-state index contributed by atoms with van der Waals surface area (Å²) in [6.45, 7) is 9.91. The minimum Gasteiger partial charge on any atom is -0.308 e. The van der Waals surface area contributed by atoms with Gasteiger partial charge in [0.05, 0.1) is 0 Å². The van der Waals surface area contributed by atoms with Crippen LogP contribution in [0.25, 0.3) is 0 Å². The molecule has 0 aromatic heterocycles. The molecule has 0 radical (unpaired) electrons. The summed E-state index contributed by atoms with van der Waals surface area (Å²) in [4.78, 5) is 2.63. The lowest BCUT2D eigenvalue weighted by Crippen LogP contribution is -2.64. The highest BCUT2D eigenvalue weighted by atomic mass is 32.2. The van der Waals surface area contributed by atoms with E-state index in [0.29, 0.717) is 17.5 Å². The van der Waals surface area contributed by atoms with Crippen molar-refractivity contribution in [3.05, 3.63) is 0 Å². The molecule has 2 rings (SSSR count). The molecule has 3 nitrogen and oxygen atoms in total. The molecule has 0 aromatic rings. The molecule has 1 aliphatic carbocycles. The first kappa shape index (κ1) is 15.5. The van der Waals surface area contributed by atoms with E-state index in [9.17, 15) is 4.21 Å². The van der Waals surface area contributed by atoms with Crippen LogP contribution in [0, 0.1) is 5.92 Å². The van der Waals surface area contributed by atoms with E-state index in [0.717, 1.165) is 31.1 Å². The van der Waals surface area contributed by atoms with Crippen LogP contribution in [0.15, 0.2) is 0 Å². The molecule has 1 saturated heterocycles. The Bertz CT molecular complexity index is 313. The third-order valence-electron chi connectivity index (χ3n) is 4.92. The van der Waals surface area contributed by atoms with Crippen molar-refractivity contribution in [2.45, 2.75) is 58.0 Å². The van der Waals surface area contributed by atoms with E-state index in [1.807, 2.05) is 6.92 Å². The SMILES string of the molecule is CCS(=O)CCN1CC2(CCCC2)NCC1C(C)C. The minimum absolute atomic E-state index is 0.374. The fraction of sp³-hybridized carbons (Fsp3) is 1.00. The van der Waals surface area contributed by atoms with Crippen LogP contribution in [-0.2, 0) is 10.8 Å². The first-order chi connectivity index (χ1) is 9.06. The Morgan fingerprint density at radius 1 is 1.37 bits per heavy atom. The van der Waals surface area contributed by atoms with Crippen molar-refractivity contribution in [3.8, 4) is 0 Å². The van der Waals surface area contributed by atoms with Gasteiger partial charge < -0.3 is 5.32 Å². The summed E-state index contributed by atoms with van der Waals surface area (Å²) in [6, 6.07) is 0.611. The van der Waals surface area contributed by atoms with Gasteiger partial charge in [-0.1, -0.05) is 33.6 Å². The van der Waals surface area contributed by atoms with Crippen molar-refractivity contribution in [3.63, 3.8) is 0 Å². The fourth-order valence-corrected chi connectivity index (χ4v) is 4.39. The Labute approximate surface area is 121 Å². The Kier molecular flexibility index (Phi) is 5.44. The van der Waals surface area contributed by atoms with Gasteiger partial charge in [-0.2, -0.15) is 0 Å². The quantitative estimate of drug-likeness (QED) is 0.839. The number of piperazine rings is 1. The number of nitrogens with zero attached hydrogens (tertiary/aromatic N) is 1. The van der Waals surface area contributed by atoms with E-state index < -0.39 is 10.8 Å². The summed E-state index contributed by atoms with van der Waals surface area (Å²) in [6.07, 6.45) is 5.39. The molecule has 4 heteroatoms. The average Bonchev–Trinajstić information content (AvgIpc) is 2.83. The zero-order valence-corrected chi connectivity index (χ0v) is 13.6. The van der Waals surface area contributed by atoms with E-state index in [2.05, 4.69) is 24.1 Å². The monoisotopic (exact) mass is 286 g/mol. The van der Waals surface area contributed by atoms with Crippen LogP contribution >= 0.6 is 0 Å². The highest BCUT2D eigenvalue weighted by molar-refractivity contribution is 7.84. The van der Waals surface area contributed by atoms with Crippen molar-refractivity contribution < 1.29 is 4.21 Å². The lowest BCUT2D eigenvalue weighted by molar-refractivity contribution is 0.0625. The zero-order valence-electron chi connectivity index (χ0n) is 12.8. The lowest BCUT2D eigenvalue weighted by Gasteiger charge is -2.48. The molecule has 2 atom stereocenters. The predicted octanol–water partition coefficient (Wildman–Crippen LogP) is 2.00. The topological polar surface area (TPSA) is 32.3 Å². The van der Waals surface area contributed by atoms with Gasteiger partial charge in [0.15, 0.2) is 0 Å². The Morgan fingerprint density at radius 3 is 2.63 bits per heavy atom. The summed E-state index contributed by atoms with van der Waals surface area (Å²) in [5.74, 6) is 2.31. The van der Waals surface area contributed by atoms with Gasteiger partial charge in [0.1, 0.15) is 0 Å². The Morgan fingerprint density at radius 2 is 2.05 bits per heavy atom. The van der Waals surface area contributed by atoms with Gasteiger partial charge in [0.25, 0.3) is 0 Å². The molecule has 2 fully saturated rings. The average molecular weight is 286 g/mol. The fourth-order valence-electron chi connectivity index (χ4n) is 3.66.